The summed E-state index contributed by atoms with van der Waals surface area (Å²) in [5.41, 5.74) is 1.00. The third-order valence-electron chi connectivity index (χ3n) is 2.31. The van der Waals surface area contributed by atoms with Crippen molar-refractivity contribution in [3.8, 4) is 16.8 Å². The maximum atomic E-state index is 8.56. The molecule has 0 aliphatic carbocycles. The summed E-state index contributed by atoms with van der Waals surface area (Å²) in [6.07, 6.45) is 1.32. The molecule has 2 heterocycles. The summed E-state index contributed by atoms with van der Waals surface area (Å²) in [4.78, 5) is 5.63. The van der Waals surface area contributed by atoms with Crippen LogP contribution in [0.5, 0.6) is 0 Å². The molecule has 0 atom stereocenters. The molecule has 2 aromatic rings. The van der Waals surface area contributed by atoms with Gasteiger partial charge in [-0.2, -0.15) is 5.26 Å². The first-order valence-corrected chi connectivity index (χ1v) is 5.92. The van der Waals surface area contributed by atoms with Crippen LogP contribution < -0.4 is 0 Å². The van der Waals surface area contributed by atoms with E-state index in [1.54, 1.807) is 11.3 Å². The van der Waals surface area contributed by atoms with Crippen LogP contribution in [-0.2, 0) is 6.42 Å². The van der Waals surface area contributed by atoms with Gasteiger partial charge in [-0.25, -0.2) is 4.98 Å². The van der Waals surface area contributed by atoms with E-state index in [1.807, 2.05) is 26.0 Å². The molecular weight excluding hydrogens is 220 g/mol. The average molecular weight is 232 g/mol. The lowest BCUT2D eigenvalue weighted by atomic mass is 10.2. The molecule has 0 bridgehead atoms. The van der Waals surface area contributed by atoms with Crippen LogP contribution >= 0.6 is 11.3 Å². The van der Waals surface area contributed by atoms with Crippen LogP contribution in [0.25, 0.3) is 10.8 Å². The van der Waals surface area contributed by atoms with Crippen molar-refractivity contribution in [2.45, 2.75) is 26.7 Å². The first kappa shape index (κ1) is 10.9. The van der Waals surface area contributed by atoms with Crippen LogP contribution in [0.2, 0.25) is 0 Å². The third kappa shape index (κ3) is 2.15. The van der Waals surface area contributed by atoms with E-state index in [1.165, 1.54) is 4.88 Å². The molecule has 3 nitrogen and oxygen atoms in total. The molecule has 0 spiro atoms. The van der Waals surface area contributed by atoms with Gasteiger partial charge in [0.05, 0.1) is 11.8 Å². The van der Waals surface area contributed by atoms with Crippen molar-refractivity contribution >= 4 is 11.3 Å². The predicted molar refractivity (Wildman–Crippen MR) is 63.2 cm³/mol. The Bertz CT molecular complexity index is 533. The number of aromatic nitrogens is 1. The van der Waals surface area contributed by atoms with Gasteiger partial charge in [-0.05, 0) is 32.4 Å². The largest absolute Gasteiger partial charge is 0.459 e. The lowest BCUT2D eigenvalue weighted by molar-refractivity contribution is 0.548. The van der Waals surface area contributed by atoms with E-state index in [9.17, 15) is 0 Å². The molecule has 2 aromatic heterocycles. The van der Waals surface area contributed by atoms with Gasteiger partial charge in [0.25, 0.3) is 0 Å². The van der Waals surface area contributed by atoms with Gasteiger partial charge >= 0.3 is 0 Å². The van der Waals surface area contributed by atoms with Crippen molar-refractivity contribution in [2.75, 3.05) is 0 Å². The zero-order valence-electron chi connectivity index (χ0n) is 9.28. The zero-order valence-corrected chi connectivity index (χ0v) is 10.1. The molecule has 0 unspecified atom stereocenters. The van der Waals surface area contributed by atoms with E-state index in [0.717, 1.165) is 28.6 Å². The van der Waals surface area contributed by atoms with Gasteiger partial charge in [0.15, 0.2) is 10.8 Å². The number of furan rings is 1. The molecular formula is C12H12N2OS. The van der Waals surface area contributed by atoms with Crippen LogP contribution in [0.3, 0.4) is 0 Å². The second-order valence-corrected chi connectivity index (χ2v) is 4.68. The monoisotopic (exact) mass is 232 g/mol. The number of rotatable bonds is 3. The summed E-state index contributed by atoms with van der Waals surface area (Å²) in [6.45, 7) is 3.89. The van der Waals surface area contributed by atoms with Crippen molar-refractivity contribution in [3.05, 3.63) is 28.5 Å². The fourth-order valence-corrected chi connectivity index (χ4v) is 2.51. The Morgan fingerprint density at radius 2 is 2.25 bits per heavy atom. The second-order valence-electron chi connectivity index (χ2n) is 3.60. The molecule has 0 fully saturated rings. The summed E-state index contributed by atoms with van der Waals surface area (Å²) in [6, 6.07) is 6.02. The topological polar surface area (TPSA) is 49.8 Å². The van der Waals surface area contributed by atoms with Gasteiger partial charge in [0, 0.05) is 11.3 Å². The van der Waals surface area contributed by atoms with E-state index in [4.69, 9.17) is 9.68 Å². The van der Waals surface area contributed by atoms with Crippen LogP contribution in [0.4, 0.5) is 0 Å². The van der Waals surface area contributed by atoms with Gasteiger partial charge < -0.3 is 4.42 Å². The van der Waals surface area contributed by atoms with E-state index < -0.39 is 0 Å². The molecule has 82 valence electrons. The van der Waals surface area contributed by atoms with Crippen molar-refractivity contribution in [2.24, 2.45) is 0 Å². The number of nitrogens with zero attached hydrogens (tertiary/aromatic N) is 2. The van der Waals surface area contributed by atoms with Gasteiger partial charge in [0.2, 0.25) is 0 Å². The van der Waals surface area contributed by atoms with Gasteiger partial charge in [0.1, 0.15) is 5.76 Å². The van der Waals surface area contributed by atoms with E-state index in [-0.39, 0.29) is 0 Å². The first-order valence-electron chi connectivity index (χ1n) is 5.11. The van der Waals surface area contributed by atoms with Crippen LogP contribution in [0, 0.1) is 25.2 Å². The number of aryl methyl sites for hydroxylation is 3. The minimum Gasteiger partial charge on any atom is -0.459 e. The Morgan fingerprint density at radius 1 is 1.44 bits per heavy atom. The highest BCUT2D eigenvalue weighted by Crippen LogP contribution is 2.29. The average Bonchev–Trinajstić information content (AvgIpc) is 2.82. The molecule has 2 rings (SSSR count). The third-order valence-corrected chi connectivity index (χ3v) is 3.54. The maximum absolute atomic E-state index is 8.56. The Hall–Kier alpha value is -1.60. The molecule has 0 saturated carbocycles. The molecule has 0 radical (unpaired) electrons. The van der Waals surface area contributed by atoms with Crippen LogP contribution in [0.15, 0.2) is 16.5 Å². The van der Waals surface area contributed by atoms with Gasteiger partial charge in [-0.3, -0.25) is 0 Å². The van der Waals surface area contributed by atoms with Crippen LogP contribution in [-0.4, -0.2) is 4.98 Å². The fraction of sp³-hybridized carbons (Fsp3) is 0.333. The van der Waals surface area contributed by atoms with Crippen molar-refractivity contribution in [3.63, 3.8) is 0 Å². The van der Waals surface area contributed by atoms with Crippen molar-refractivity contribution < 1.29 is 4.42 Å². The van der Waals surface area contributed by atoms with Crippen molar-refractivity contribution in [1.29, 1.82) is 5.26 Å². The smallest absolute Gasteiger partial charge is 0.162 e. The quantitative estimate of drug-likeness (QED) is 0.814. The van der Waals surface area contributed by atoms with E-state index >= 15 is 0 Å². The molecule has 0 aromatic carbocycles. The summed E-state index contributed by atoms with van der Waals surface area (Å²) in [5, 5.41) is 9.46. The summed E-state index contributed by atoms with van der Waals surface area (Å²) < 4.78 is 5.53. The molecule has 0 aliphatic rings. The Labute approximate surface area is 98.4 Å². The Balaban J connectivity index is 2.27. The van der Waals surface area contributed by atoms with Crippen molar-refractivity contribution in [1.82, 2.24) is 4.98 Å². The zero-order chi connectivity index (χ0) is 11.5. The highest BCUT2D eigenvalue weighted by Gasteiger charge is 2.11. The number of nitriles is 1. The second kappa shape index (κ2) is 4.50. The fourth-order valence-electron chi connectivity index (χ4n) is 1.48. The Kier molecular flexibility index (Phi) is 3.07. The number of hydrogen-bond acceptors (Lipinski definition) is 4. The highest BCUT2D eigenvalue weighted by atomic mass is 32.1. The van der Waals surface area contributed by atoms with E-state index in [0.29, 0.717) is 6.42 Å². The maximum Gasteiger partial charge on any atom is 0.162 e. The van der Waals surface area contributed by atoms with Gasteiger partial charge in [-0.1, -0.05) is 0 Å². The standard InChI is InChI=1S/C12H12N2OS/c1-8-5-6-10(15-8)12-14-9(2)11(16-12)4-3-7-13/h5-6H,3-4H2,1-2H3. The molecule has 4 heteroatoms. The molecule has 0 saturated heterocycles. The molecule has 0 amide bonds. The SMILES string of the molecule is Cc1ccc(-c2nc(C)c(CCC#N)s2)o1. The van der Waals surface area contributed by atoms with E-state index in [2.05, 4.69) is 11.1 Å². The molecule has 0 N–H and O–H groups in total. The summed E-state index contributed by atoms with van der Waals surface area (Å²) in [5.74, 6) is 1.70. The Morgan fingerprint density at radius 3 is 2.88 bits per heavy atom. The van der Waals surface area contributed by atoms with Gasteiger partial charge in [-0.15, -0.1) is 11.3 Å². The predicted octanol–water partition coefficient (Wildman–Crippen LogP) is 3.48. The molecule has 16 heavy (non-hydrogen) atoms. The first-order chi connectivity index (χ1) is 7.70. The summed E-state index contributed by atoms with van der Waals surface area (Å²) >= 11 is 1.61. The number of thiazole rings is 1. The lowest BCUT2D eigenvalue weighted by Crippen LogP contribution is -1.82. The highest BCUT2D eigenvalue weighted by molar-refractivity contribution is 7.15. The minimum absolute atomic E-state index is 0.541. The summed E-state index contributed by atoms with van der Waals surface area (Å²) in [7, 11) is 0. The lowest BCUT2D eigenvalue weighted by Gasteiger charge is -1.89. The normalized spacial score (nSPS) is 10.3. The van der Waals surface area contributed by atoms with Crippen LogP contribution in [0.1, 0.15) is 22.8 Å². The number of hydrogen-bond donors (Lipinski definition) is 0. The minimum atomic E-state index is 0.541. The molecule has 0 aliphatic heterocycles.